The Hall–Kier alpha value is -1.93. The highest BCUT2D eigenvalue weighted by molar-refractivity contribution is 7.10. The van der Waals surface area contributed by atoms with Crippen molar-refractivity contribution in [2.24, 2.45) is 10.9 Å². The van der Waals surface area contributed by atoms with Crippen LogP contribution in [0.2, 0.25) is 0 Å². The topological polar surface area (TPSA) is 74.2 Å². The van der Waals surface area contributed by atoms with Crippen LogP contribution in [0, 0.1) is 5.92 Å². The van der Waals surface area contributed by atoms with E-state index in [0.717, 1.165) is 37.6 Å². The third kappa shape index (κ3) is 3.85. The summed E-state index contributed by atoms with van der Waals surface area (Å²) in [6, 6.07) is 3.30. The SMILES string of the molecule is CCOC(=O)[C@@H]1C(=O)NC(N2CCN(CC)CC2)=N[C@@H]1c1cccs1. The van der Waals surface area contributed by atoms with Crippen LogP contribution in [-0.4, -0.2) is 67.0 Å². The zero-order valence-electron chi connectivity index (χ0n) is 14.6. The van der Waals surface area contributed by atoms with Crippen molar-refractivity contribution in [3.63, 3.8) is 0 Å². The summed E-state index contributed by atoms with van der Waals surface area (Å²) in [6.45, 7) is 8.66. The lowest BCUT2D eigenvalue weighted by atomic mass is 9.96. The molecule has 2 aliphatic heterocycles. The molecule has 0 bridgehead atoms. The van der Waals surface area contributed by atoms with Crippen LogP contribution in [0.25, 0.3) is 0 Å². The number of likely N-dealkylation sites (N-methyl/N-ethyl adjacent to an activating group) is 1. The number of aliphatic imine (C=N–C) groups is 1. The Labute approximate surface area is 151 Å². The van der Waals surface area contributed by atoms with E-state index in [4.69, 9.17) is 9.73 Å². The van der Waals surface area contributed by atoms with Gasteiger partial charge in [0.1, 0.15) is 6.04 Å². The number of amides is 1. The number of rotatable bonds is 4. The minimum atomic E-state index is -0.931. The van der Waals surface area contributed by atoms with Gasteiger partial charge in [-0.2, -0.15) is 0 Å². The second kappa shape index (κ2) is 7.97. The van der Waals surface area contributed by atoms with Crippen molar-refractivity contribution in [3.8, 4) is 0 Å². The van der Waals surface area contributed by atoms with Crippen LogP contribution in [0.1, 0.15) is 24.8 Å². The Morgan fingerprint density at radius 2 is 2.12 bits per heavy atom. The Balaban J connectivity index is 1.85. The summed E-state index contributed by atoms with van der Waals surface area (Å²) in [5.41, 5.74) is 0. The van der Waals surface area contributed by atoms with Crippen molar-refractivity contribution in [2.75, 3.05) is 39.3 Å². The molecule has 25 heavy (non-hydrogen) atoms. The summed E-state index contributed by atoms with van der Waals surface area (Å²) in [5, 5.41) is 4.75. The van der Waals surface area contributed by atoms with Gasteiger partial charge in [0.05, 0.1) is 6.61 Å². The highest BCUT2D eigenvalue weighted by Gasteiger charge is 2.42. The minimum absolute atomic E-state index is 0.245. The summed E-state index contributed by atoms with van der Waals surface area (Å²) >= 11 is 1.50. The van der Waals surface area contributed by atoms with Crippen LogP contribution < -0.4 is 5.32 Å². The number of thiophene rings is 1. The lowest BCUT2D eigenvalue weighted by Gasteiger charge is -2.38. The summed E-state index contributed by atoms with van der Waals surface area (Å²) in [5.74, 6) is -1.21. The first-order chi connectivity index (χ1) is 12.1. The molecule has 0 unspecified atom stereocenters. The second-order valence-corrected chi connectivity index (χ2v) is 7.03. The Kier molecular flexibility index (Phi) is 5.70. The highest BCUT2D eigenvalue weighted by atomic mass is 32.1. The number of carbonyl (C=O) groups is 2. The van der Waals surface area contributed by atoms with Crippen LogP contribution >= 0.6 is 11.3 Å². The van der Waals surface area contributed by atoms with Gasteiger partial charge in [0.15, 0.2) is 5.92 Å². The zero-order valence-corrected chi connectivity index (χ0v) is 15.4. The van der Waals surface area contributed by atoms with Crippen molar-refractivity contribution in [2.45, 2.75) is 19.9 Å². The fourth-order valence-electron chi connectivity index (χ4n) is 3.16. The van der Waals surface area contributed by atoms with Crippen LogP contribution in [0.4, 0.5) is 0 Å². The number of nitrogens with zero attached hydrogens (tertiary/aromatic N) is 3. The Morgan fingerprint density at radius 1 is 1.36 bits per heavy atom. The normalized spacial score (nSPS) is 24.6. The molecule has 0 aromatic carbocycles. The molecule has 7 nitrogen and oxygen atoms in total. The third-order valence-corrected chi connectivity index (χ3v) is 5.53. The first-order valence-electron chi connectivity index (χ1n) is 8.70. The number of piperazine rings is 1. The largest absolute Gasteiger partial charge is 0.465 e. The number of nitrogens with one attached hydrogen (secondary N) is 1. The number of esters is 1. The van der Waals surface area contributed by atoms with E-state index in [1.54, 1.807) is 6.92 Å². The predicted octanol–water partition coefficient (Wildman–Crippen LogP) is 1.09. The molecule has 136 valence electrons. The van der Waals surface area contributed by atoms with Gasteiger partial charge in [0, 0.05) is 31.1 Å². The molecule has 8 heteroatoms. The molecule has 0 spiro atoms. The van der Waals surface area contributed by atoms with Crippen LogP contribution in [-0.2, 0) is 14.3 Å². The van der Waals surface area contributed by atoms with Gasteiger partial charge in [-0.15, -0.1) is 11.3 Å². The number of hydrogen-bond acceptors (Lipinski definition) is 7. The number of ether oxygens (including phenoxy) is 1. The first-order valence-corrected chi connectivity index (χ1v) is 9.58. The van der Waals surface area contributed by atoms with Crippen LogP contribution in [0.15, 0.2) is 22.5 Å². The van der Waals surface area contributed by atoms with Crippen molar-refractivity contribution < 1.29 is 14.3 Å². The number of hydrogen-bond donors (Lipinski definition) is 1. The van der Waals surface area contributed by atoms with E-state index in [9.17, 15) is 9.59 Å². The molecule has 1 aromatic heterocycles. The van der Waals surface area contributed by atoms with Crippen molar-refractivity contribution in [1.29, 1.82) is 0 Å². The van der Waals surface area contributed by atoms with E-state index >= 15 is 0 Å². The predicted molar refractivity (Wildman–Crippen MR) is 96.4 cm³/mol. The fraction of sp³-hybridized carbons (Fsp3) is 0.588. The molecule has 1 fully saturated rings. The van der Waals surface area contributed by atoms with E-state index in [1.807, 2.05) is 17.5 Å². The molecule has 2 aliphatic rings. The fourth-order valence-corrected chi connectivity index (χ4v) is 3.96. The monoisotopic (exact) mass is 364 g/mol. The summed E-state index contributed by atoms with van der Waals surface area (Å²) in [7, 11) is 0. The highest BCUT2D eigenvalue weighted by Crippen LogP contribution is 2.33. The van der Waals surface area contributed by atoms with Crippen molar-refractivity contribution >= 4 is 29.2 Å². The average Bonchev–Trinajstić information content (AvgIpc) is 3.16. The van der Waals surface area contributed by atoms with Gasteiger partial charge >= 0.3 is 5.97 Å². The maximum absolute atomic E-state index is 12.7. The zero-order chi connectivity index (χ0) is 17.8. The quantitative estimate of drug-likeness (QED) is 0.640. The standard InChI is InChI=1S/C17H24N4O3S/c1-3-20-7-9-21(10-8-20)17-18-14(12-6-5-11-25-12)13(15(22)19-17)16(23)24-4-2/h5-6,11,13-14H,3-4,7-10H2,1-2H3,(H,18,19,22)/t13-,14+/m0/s1. The van der Waals surface area contributed by atoms with Crippen LogP contribution in [0.3, 0.4) is 0 Å². The van der Waals surface area contributed by atoms with E-state index in [0.29, 0.717) is 5.96 Å². The Bertz CT molecular complexity index is 638. The molecule has 1 N–H and O–H groups in total. The molecule has 0 saturated carbocycles. The van der Waals surface area contributed by atoms with Gasteiger partial charge in [-0.05, 0) is 24.9 Å². The molecule has 3 rings (SSSR count). The molecular formula is C17H24N4O3S. The number of guanidine groups is 1. The first kappa shape index (κ1) is 17.9. The molecule has 0 aliphatic carbocycles. The van der Waals surface area contributed by atoms with E-state index in [1.165, 1.54) is 11.3 Å². The van der Waals surface area contributed by atoms with Crippen LogP contribution in [0.5, 0.6) is 0 Å². The molecule has 2 atom stereocenters. The van der Waals surface area contributed by atoms with Crippen molar-refractivity contribution in [3.05, 3.63) is 22.4 Å². The van der Waals surface area contributed by atoms with Gasteiger partial charge in [0.25, 0.3) is 0 Å². The summed E-state index contributed by atoms with van der Waals surface area (Å²) < 4.78 is 5.10. The van der Waals surface area contributed by atoms with Crippen molar-refractivity contribution in [1.82, 2.24) is 15.1 Å². The lowest BCUT2D eigenvalue weighted by Crippen LogP contribution is -2.57. The van der Waals surface area contributed by atoms with E-state index in [-0.39, 0.29) is 12.5 Å². The molecule has 3 heterocycles. The smallest absolute Gasteiger partial charge is 0.321 e. The van der Waals surface area contributed by atoms with Gasteiger partial charge in [-0.1, -0.05) is 13.0 Å². The third-order valence-electron chi connectivity index (χ3n) is 4.59. The van der Waals surface area contributed by atoms with E-state index < -0.39 is 17.9 Å². The maximum atomic E-state index is 12.7. The molecule has 0 radical (unpaired) electrons. The summed E-state index contributed by atoms with van der Waals surface area (Å²) in [6.07, 6.45) is 0. The van der Waals surface area contributed by atoms with Gasteiger partial charge < -0.3 is 14.5 Å². The van der Waals surface area contributed by atoms with E-state index in [2.05, 4.69) is 22.0 Å². The maximum Gasteiger partial charge on any atom is 0.321 e. The van der Waals surface area contributed by atoms with Gasteiger partial charge in [0.2, 0.25) is 11.9 Å². The minimum Gasteiger partial charge on any atom is -0.465 e. The summed E-state index contributed by atoms with van der Waals surface area (Å²) in [4.78, 5) is 35.1. The van der Waals surface area contributed by atoms with Gasteiger partial charge in [-0.3, -0.25) is 14.9 Å². The Morgan fingerprint density at radius 3 is 2.72 bits per heavy atom. The molecule has 1 aromatic rings. The molecular weight excluding hydrogens is 340 g/mol. The molecule has 1 amide bonds. The van der Waals surface area contributed by atoms with Gasteiger partial charge in [-0.25, -0.2) is 4.99 Å². The second-order valence-electron chi connectivity index (χ2n) is 6.05. The molecule has 1 saturated heterocycles. The lowest BCUT2D eigenvalue weighted by molar-refractivity contribution is -0.153. The average molecular weight is 364 g/mol. The number of carbonyl (C=O) groups excluding carboxylic acids is 2.